The number of aromatic nitrogens is 8. The van der Waals surface area contributed by atoms with Gasteiger partial charge in [0, 0.05) is 112 Å². The maximum absolute atomic E-state index is 12.7. The van der Waals surface area contributed by atoms with Crippen LogP contribution in [0.3, 0.4) is 0 Å². The van der Waals surface area contributed by atoms with Gasteiger partial charge in [-0.2, -0.15) is 0 Å². The lowest BCUT2D eigenvalue weighted by atomic mass is 10.0. The third-order valence-corrected chi connectivity index (χ3v) is 12.4. The molecular formula is C51H72N16O5. The molecule has 0 aliphatic carbocycles. The van der Waals surface area contributed by atoms with Gasteiger partial charge < -0.3 is 46.6 Å². The lowest BCUT2D eigenvalue weighted by Gasteiger charge is -2.43. The number of fused-ring (bicyclic) bond motifs is 2. The van der Waals surface area contributed by atoms with Gasteiger partial charge >= 0.3 is 0 Å². The minimum absolute atomic E-state index is 0.0395. The van der Waals surface area contributed by atoms with Crippen molar-refractivity contribution in [3.8, 4) is 0 Å². The Kier molecular flexibility index (Phi) is 17.8. The Morgan fingerprint density at radius 3 is 1.61 bits per heavy atom. The molecule has 0 saturated carbocycles. The lowest BCUT2D eigenvalue weighted by molar-refractivity contribution is -0.118. The second kappa shape index (κ2) is 23.9. The van der Waals surface area contributed by atoms with E-state index in [1.165, 1.54) is 0 Å². The van der Waals surface area contributed by atoms with Gasteiger partial charge in [0.2, 0.25) is 17.8 Å². The molecule has 2 saturated heterocycles. The van der Waals surface area contributed by atoms with E-state index in [9.17, 15) is 25.2 Å². The zero-order chi connectivity index (χ0) is 51.7. The summed E-state index contributed by atoms with van der Waals surface area (Å²) in [6.07, 6.45) is 5.55. The number of rotatable bonds is 17. The Hall–Kier alpha value is -6.33. The van der Waals surface area contributed by atoms with Crippen LogP contribution in [0, 0.1) is 0 Å². The Morgan fingerprint density at radius 1 is 0.625 bits per heavy atom. The first-order valence-electron chi connectivity index (χ1n) is 24.8. The number of piperazine rings is 1. The van der Waals surface area contributed by atoms with E-state index < -0.39 is 18.3 Å². The van der Waals surface area contributed by atoms with E-state index in [-0.39, 0.29) is 30.1 Å². The van der Waals surface area contributed by atoms with Gasteiger partial charge in [-0.15, -0.1) is 0 Å². The third-order valence-electron chi connectivity index (χ3n) is 12.4. The minimum atomic E-state index is -0.708. The first-order valence-corrected chi connectivity index (χ1v) is 24.8. The number of nitrogens with one attached hydrogen (secondary N) is 4. The number of nitrogens with zero attached hydrogens (tertiary/aromatic N) is 12. The molecule has 72 heavy (non-hydrogen) atoms. The fraction of sp³-hybridized carbons (Fsp3) is 0.510. The average molecular weight is 989 g/mol. The molecule has 386 valence electrons. The van der Waals surface area contributed by atoms with Crippen LogP contribution in [-0.4, -0.2) is 164 Å². The molecule has 8 N–H and O–H groups in total. The zero-order valence-corrected chi connectivity index (χ0v) is 43.0. The molecule has 0 radical (unpaired) electrons. The highest BCUT2D eigenvalue weighted by Crippen LogP contribution is 2.28. The number of β-amino-alcohol motifs (C(OH)–C–C–N with tert-alkyl or cyclic N) is 1. The van der Waals surface area contributed by atoms with E-state index in [2.05, 4.69) is 95.8 Å². The number of aliphatic hydroxyl groups is 4. The monoisotopic (exact) mass is 989 g/mol. The molecule has 21 nitrogen and oxygen atoms in total. The van der Waals surface area contributed by atoms with Crippen LogP contribution in [0.1, 0.15) is 97.9 Å². The molecule has 21 heteroatoms. The van der Waals surface area contributed by atoms with Crippen molar-refractivity contribution in [2.75, 3.05) is 85.1 Å². The van der Waals surface area contributed by atoms with Crippen LogP contribution < -0.4 is 26.2 Å². The highest BCUT2D eigenvalue weighted by molar-refractivity contribution is 5.94. The number of amides is 1. The SMILES string of the molecule is CC(C)Nc1nc([C@@H](C)O)cc2cnc(Nc3ccc(CN4CCN(C(C)(C)CO)CC4)cn3)nc12.CC(C)Nc1nc([C@@H](C)O)cc2cnc(Nc3ccc(N4CCN(C[C@H](C)O)CCC4=O)cn3)nc12. The largest absolute Gasteiger partial charge is 0.394 e. The molecule has 2 aliphatic rings. The van der Waals surface area contributed by atoms with Gasteiger partial charge in [-0.3, -0.25) is 19.5 Å². The summed E-state index contributed by atoms with van der Waals surface area (Å²) in [6.45, 7) is 24.6. The van der Waals surface area contributed by atoms with E-state index >= 15 is 0 Å². The van der Waals surface area contributed by atoms with Gasteiger partial charge in [-0.05, 0) is 98.2 Å². The van der Waals surface area contributed by atoms with Crippen molar-refractivity contribution in [1.82, 2.24) is 54.6 Å². The van der Waals surface area contributed by atoms with Crippen molar-refractivity contribution < 1.29 is 25.2 Å². The van der Waals surface area contributed by atoms with E-state index in [1.807, 2.05) is 52.1 Å². The molecule has 0 bridgehead atoms. The van der Waals surface area contributed by atoms with Gasteiger partial charge in [-0.1, -0.05) is 6.07 Å². The van der Waals surface area contributed by atoms with E-state index in [4.69, 9.17) is 0 Å². The highest BCUT2D eigenvalue weighted by atomic mass is 16.3. The van der Waals surface area contributed by atoms with Crippen molar-refractivity contribution in [2.24, 2.45) is 0 Å². The molecule has 0 aromatic carbocycles. The van der Waals surface area contributed by atoms with Crippen molar-refractivity contribution in [2.45, 2.75) is 111 Å². The van der Waals surface area contributed by atoms with Crippen molar-refractivity contribution >= 4 is 68.6 Å². The van der Waals surface area contributed by atoms with Crippen molar-refractivity contribution in [3.63, 3.8) is 0 Å². The predicted octanol–water partition coefficient (Wildman–Crippen LogP) is 5.38. The zero-order valence-electron chi connectivity index (χ0n) is 43.0. The predicted molar refractivity (Wildman–Crippen MR) is 282 cm³/mol. The number of pyridine rings is 4. The van der Waals surface area contributed by atoms with Crippen molar-refractivity contribution in [3.05, 3.63) is 78.1 Å². The van der Waals surface area contributed by atoms with Crippen LogP contribution in [0.2, 0.25) is 0 Å². The van der Waals surface area contributed by atoms with E-state index in [0.29, 0.717) is 90.2 Å². The summed E-state index contributed by atoms with van der Waals surface area (Å²) >= 11 is 0. The minimum Gasteiger partial charge on any atom is -0.394 e. The molecule has 6 aromatic heterocycles. The molecule has 3 atom stereocenters. The van der Waals surface area contributed by atoms with Gasteiger partial charge in [0.05, 0.1) is 48.2 Å². The Labute approximate surface area is 421 Å². The second-order valence-electron chi connectivity index (χ2n) is 19.9. The normalized spacial score (nSPS) is 16.6. The van der Waals surface area contributed by atoms with Crippen LogP contribution >= 0.6 is 0 Å². The first-order chi connectivity index (χ1) is 34.3. The van der Waals surface area contributed by atoms with E-state index in [0.717, 1.165) is 54.7 Å². The molecule has 2 aliphatic heterocycles. The molecule has 2 fully saturated rings. The number of carbonyl (C=O) groups is 1. The number of anilines is 7. The smallest absolute Gasteiger partial charge is 0.229 e. The lowest BCUT2D eigenvalue weighted by Crippen LogP contribution is -2.55. The summed E-state index contributed by atoms with van der Waals surface area (Å²) < 4.78 is 0. The van der Waals surface area contributed by atoms with Gasteiger partial charge in [0.25, 0.3) is 0 Å². The number of hydrogen-bond acceptors (Lipinski definition) is 20. The summed E-state index contributed by atoms with van der Waals surface area (Å²) in [6, 6.07) is 11.5. The highest BCUT2D eigenvalue weighted by Gasteiger charge is 2.29. The van der Waals surface area contributed by atoms with Crippen LogP contribution in [0.4, 0.5) is 40.9 Å². The van der Waals surface area contributed by atoms with Gasteiger partial charge in [0.15, 0.2) is 11.6 Å². The standard InChI is InChI=1S/C26H38N8O2.C25H34N8O3/c1-17(2)29-24-23-20(12-21(30-24)18(3)36)14-28-25(32-23)31-22-7-6-19(13-27-22)15-33-8-10-34(11-9-33)26(4,5)16-35;1-15(2)28-24-23-18(11-20(29-24)17(4)35)12-27-25(31-23)30-21-6-5-19(13-26-21)33-10-9-32(14-16(3)34)8-7-22(33)36/h6-7,12-14,17-18,35-36H,8-11,15-16H2,1-5H3,(H,29,30)(H,27,28,31,32);5-6,11-13,15-17,34-35H,7-10,14H2,1-4H3,(H,28,29)(H,26,27,30,31)/t18-;16-,17+/m10/s1. The topological polar surface area (TPSA) is 262 Å². The Morgan fingerprint density at radius 2 is 1.15 bits per heavy atom. The van der Waals surface area contributed by atoms with E-state index in [1.54, 1.807) is 56.4 Å². The van der Waals surface area contributed by atoms with Gasteiger partial charge in [0.1, 0.15) is 22.7 Å². The van der Waals surface area contributed by atoms with Crippen molar-refractivity contribution in [1.29, 1.82) is 0 Å². The first kappa shape index (κ1) is 53.5. The second-order valence-corrected chi connectivity index (χ2v) is 19.9. The molecular weight excluding hydrogens is 917 g/mol. The summed E-state index contributed by atoms with van der Waals surface area (Å²) in [4.78, 5) is 57.6. The fourth-order valence-electron chi connectivity index (χ4n) is 8.42. The Balaban J connectivity index is 0.000000211. The summed E-state index contributed by atoms with van der Waals surface area (Å²) in [7, 11) is 0. The molecule has 1 amide bonds. The van der Waals surface area contributed by atoms with Gasteiger partial charge in [-0.25, -0.2) is 39.9 Å². The molecule has 6 aromatic rings. The van der Waals surface area contributed by atoms with Crippen LogP contribution in [-0.2, 0) is 11.3 Å². The summed E-state index contributed by atoms with van der Waals surface area (Å²) in [5.74, 6) is 3.25. The third kappa shape index (κ3) is 14.2. The maximum Gasteiger partial charge on any atom is 0.229 e. The molecule has 0 unspecified atom stereocenters. The number of aliphatic hydroxyl groups excluding tert-OH is 4. The summed E-state index contributed by atoms with van der Waals surface area (Å²) in [5, 5.41) is 53.8. The van der Waals surface area contributed by atoms with Crippen LogP contribution in [0.5, 0.6) is 0 Å². The molecule has 8 rings (SSSR count). The van der Waals surface area contributed by atoms with Crippen LogP contribution in [0.15, 0.2) is 61.2 Å². The number of hydrogen-bond donors (Lipinski definition) is 8. The number of carbonyl (C=O) groups excluding carboxylic acids is 1. The fourth-order valence-corrected chi connectivity index (χ4v) is 8.42. The quantitative estimate of drug-likeness (QED) is 0.0570. The Bertz CT molecular complexity index is 2730. The maximum atomic E-state index is 12.7. The molecule has 8 heterocycles. The average Bonchev–Trinajstić information content (AvgIpc) is 3.52. The van der Waals surface area contributed by atoms with Crippen LogP contribution in [0.25, 0.3) is 21.8 Å². The summed E-state index contributed by atoms with van der Waals surface area (Å²) in [5.41, 5.74) is 4.14. The molecule has 0 spiro atoms.